The molecule has 0 atom stereocenters. The normalized spacial score (nSPS) is 11.0. The number of hydrogen-bond acceptors (Lipinski definition) is 5. The van der Waals surface area contributed by atoms with Crippen LogP contribution >= 0.6 is 0 Å². The maximum absolute atomic E-state index is 13.2. The number of esters is 1. The van der Waals surface area contributed by atoms with Crippen molar-refractivity contribution in [3.63, 3.8) is 0 Å². The molecule has 2 rings (SSSR count). The Morgan fingerprint density at radius 1 is 1.00 bits per heavy atom. The number of hydrogen-bond donors (Lipinski definition) is 0. The SMILES string of the molecule is CCOC(=O)CN(c1ccccc1C)S(=O)(=O)c1ccc(OCC)cc1. The molecule has 0 radical (unpaired) electrons. The number of rotatable bonds is 8. The highest BCUT2D eigenvalue weighted by Crippen LogP contribution is 2.27. The molecule has 0 unspecified atom stereocenters. The summed E-state index contributed by atoms with van der Waals surface area (Å²) < 4.78 is 37.7. The lowest BCUT2D eigenvalue weighted by molar-refractivity contribution is -0.141. The van der Waals surface area contributed by atoms with E-state index in [0.717, 1.165) is 9.87 Å². The van der Waals surface area contributed by atoms with E-state index in [1.165, 1.54) is 12.1 Å². The molecule has 6 nitrogen and oxygen atoms in total. The fourth-order valence-electron chi connectivity index (χ4n) is 2.47. The van der Waals surface area contributed by atoms with E-state index in [4.69, 9.17) is 9.47 Å². The lowest BCUT2D eigenvalue weighted by Crippen LogP contribution is -2.37. The van der Waals surface area contributed by atoms with Crippen LogP contribution in [0.1, 0.15) is 19.4 Å². The minimum atomic E-state index is -3.94. The first-order chi connectivity index (χ1) is 12.4. The van der Waals surface area contributed by atoms with Crippen LogP contribution in [0.3, 0.4) is 0 Å². The van der Waals surface area contributed by atoms with Gasteiger partial charge < -0.3 is 9.47 Å². The van der Waals surface area contributed by atoms with Gasteiger partial charge in [0.1, 0.15) is 12.3 Å². The van der Waals surface area contributed by atoms with Gasteiger partial charge in [-0.15, -0.1) is 0 Å². The molecule has 0 aliphatic carbocycles. The van der Waals surface area contributed by atoms with E-state index in [1.807, 2.05) is 13.0 Å². The highest BCUT2D eigenvalue weighted by molar-refractivity contribution is 7.92. The zero-order chi connectivity index (χ0) is 19.2. The summed E-state index contributed by atoms with van der Waals surface area (Å²) in [5.74, 6) is -0.0236. The summed E-state index contributed by atoms with van der Waals surface area (Å²) in [4.78, 5) is 12.1. The lowest BCUT2D eigenvalue weighted by Gasteiger charge is -2.25. The molecule has 0 aliphatic heterocycles. The van der Waals surface area contributed by atoms with E-state index in [0.29, 0.717) is 18.0 Å². The third kappa shape index (κ3) is 4.54. The van der Waals surface area contributed by atoms with Crippen LogP contribution < -0.4 is 9.04 Å². The Morgan fingerprint density at radius 3 is 2.23 bits per heavy atom. The molecule has 0 spiro atoms. The Labute approximate surface area is 154 Å². The second kappa shape index (κ2) is 8.71. The van der Waals surface area contributed by atoms with Crippen LogP contribution in [0.15, 0.2) is 53.4 Å². The van der Waals surface area contributed by atoms with Crippen LogP contribution in [0.25, 0.3) is 0 Å². The molecule has 0 bridgehead atoms. The number of benzene rings is 2. The standard InChI is InChI=1S/C19H23NO5S/c1-4-24-16-10-12-17(13-11-16)26(22,23)20(14-19(21)25-5-2)18-9-7-6-8-15(18)3/h6-13H,4-5,14H2,1-3H3. The Hall–Kier alpha value is -2.54. The van der Waals surface area contributed by atoms with Gasteiger partial charge in [0, 0.05) is 0 Å². The summed E-state index contributed by atoms with van der Waals surface area (Å²) in [7, 11) is -3.94. The minimum Gasteiger partial charge on any atom is -0.494 e. The van der Waals surface area contributed by atoms with E-state index in [9.17, 15) is 13.2 Å². The summed E-state index contributed by atoms with van der Waals surface area (Å²) in [6.07, 6.45) is 0. The first kappa shape index (κ1) is 19.8. The van der Waals surface area contributed by atoms with Crippen molar-refractivity contribution in [3.05, 3.63) is 54.1 Å². The molecular formula is C19H23NO5S. The zero-order valence-corrected chi connectivity index (χ0v) is 16.0. The van der Waals surface area contributed by atoms with Crippen molar-refractivity contribution in [1.82, 2.24) is 0 Å². The molecule has 0 heterocycles. The number of carbonyl (C=O) groups is 1. The number of carbonyl (C=O) groups excluding carboxylic acids is 1. The Morgan fingerprint density at radius 2 is 1.65 bits per heavy atom. The third-order valence-corrected chi connectivity index (χ3v) is 5.46. The molecule has 0 fully saturated rings. The largest absolute Gasteiger partial charge is 0.494 e. The van der Waals surface area contributed by atoms with E-state index in [2.05, 4.69) is 0 Å². The van der Waals surface area contributed by atoms with Gasteiger partial charge in [0.15, 0.2) is 0 Å². The Kier molecular flexibility index (Phi) is 6.63. The fourth-order valence-corrected chi connectivity index (χ4v) is 3.94. The van der Waals surface area contributed by atoms with Gasteiger partial charge >= 0.3 is 5.97 Å². The average molecular weight is 377 g/mol. The fraction of sp³-hybridized carbons (Fsp3) is 0.316. The number of nitrogens with zero attached hydrogens (tertiary/aromatic N) is 1. The van der Waals surface area contributed by atoms with Crippen LogP contribution in [-0.4, -0.2) is 34.1 Å². The van der Waals surface area contributed by atoms with E-state index in [1.54, 1.807) is 44.2 Å². The molecule has 0 aromatic heterocycles. The van der Waals surface area contributed by atoms with Crippen LogP contribution in [0.2, 0.25) is 0 Å². The summed E-state index contributed by atoms with van der Waals surface area (Å²) >= 11 is 0. The molecule has 0 saturated carbocycles. The minimum absolute atomic E-state index is 0.0773. The average Bonchev–Trinajstić information content (AvgIpc) is 2.61. The van der Waals surface area contributed by atoms with Gasteiger partial charge in [0.05, 0.1) is 23.8 Å². The van der Waals surface area contributed by atoms with Crippen molar-refractivity contribution in [3.8, 4) is 5.75 Å². The van der Waals surface area contributed by atoms with Crippen molar-refractivity contribution in [2.45, 2.75) is 25.7 Å². The highest BCUT2D eigenvalue weighted by Gasteiger charge is 2.28. The van der Waals surface area contributed by atoms with Crippen LogP contribution in [0, 0.1) is 6.92 Å². The van der Waals surface area contributed by atoms with Crippen LogP contribution in [-0.2, 0) is 19.6 Å². The van der Waals surface area contributed by atoms with Gasteiger partial charge in [-0.2, -0.15) is 0 Å². The van der Waals surface area contributed by atoms with E-state index < -0.39 is 22.5 Å². The van der Waals surface area contributed by atoms with Gasteiger partial charge in [0.2, 0.25) is 0 Å². The number of aryl methyl sites for hydroxylation is 1. The maximum atomic E-state index is 13.2. The van der Waals surface area contributed by atoms with Crippen LogP contribution in [0.4, 0.5) is 5.69 Å². The highest BCUT2D eigenvalue weighted by atomic mass is 32.2. The topological polar surface area (TPSA) is 72.9 Å². The second-order valence-corrected chi connectivity index (χ2v) is 7.37. The summed E-state index contributed by atoms with van der Waals surface area (Å²) in [5, 5.41) is 0. The monoisotopic (exact) mass is 377 g/mol. The predicted molar refractivity (Wildman–Crippen MR) is 100.0 cm³/mol. The summed E-state index contributed by atoms with van der Waals surface area (Å²) in [6, 6.07) is 13.1. The number of ether oxygens (including phenoxy) is 2. The Bertz CT molecular complexity index is 846. The summed E-state index contributed by atoms with van der Waals surface area (Å²) in [6.45, 7) is 5.60. The molecule has 0 saturated heterocycles. The zero-order valence-electron chi connectivity index (χ0n) is 15.1. The number of para-hydroxylation sites is 1. The Balaban J connectivity index is 2.45. The van der Waals surface area contributed by atoms with Crippen molar-refractivity contribution in [2.24, 2.45) is 0 Å². The molecule has 0 amide bonds. The lowest BCUT2D eigenvalue weighted by atomic mass is 10.2. The first-order valence-corrected chi connectivity index (χ1v) is 9.81. The van der Waals surface area contributed by atoms with Crippen molar-refractivity contribution in [2.75, 3.05) is 24.1 Å². The third-order valence-electron chi connectivity index (χ3n) is 3.68. The molecule has 7 heteroatoms. The molecule has 0 aliphatic rings. The molecule has 26 heavy (non-hydrogen) atoms. The molecule has 2 aromatic carbocycles. The van der Waals surface area contributed by atoms with E-state index in [-0.39, 0.29) is 11.5 Å². The second-order valence-electron chi connectivity index (χ2n) is 5.51. The quantitative estimate of drug-likeness (QED) is 0.661. The van der Waals surface area contributed by atoms with Crippen molar-refractivity contribution >= 4 is 21.7 Å². The van der Waals surface area contributed by atoms with E-state index >= 15 is 0 Å². The molecule has 0 N–H and O–H groups in total. The van der Waals surface area contributed by atoms with Crippen molar-refractivity contribution < 1.29 is 22.7 Å². The smallest absolute Gasteiger partial charge is 0.326 e. The van der Waals surface area contributed by atoms with Gasteiger partial charge in [-0.1, -0.05) is 18.2 Å². The predicted octanol–water partition coefficient (Wildman–Crippen LogP) is 3.15. The summed E-state index contributed by atoms with van der Waals surface area (Å²) in [5.41, 5.74) is 1.18. The van der Waals surface area contributed by atoms with Crippen molar-refractivity contribution in [1.29, 1.82) is 0 Å². The number of sulfonamides is 1. The number of anilines is 1. The van der Waals surface area contributed by atoms with Gasteiger partial charge in [0.25, 0.3) is 10.0 Å². The van der Waals surface area contributed by atoms with Gasteiger partial charge in [-0.25, -0.2) is 8.42 Å². The molecular weight excluding hydrogens is 354 g/mol. The maximum Gasteiger partial charge on any atom is 0.326 e. The molecule has 140 valence electrons. The van der Waals surface area contributed by atoms with Gasteiger partial charge in [-0.3, -0.25) is 9.10 Å². The first-order valence-electron chi connectivity index (χ1n) is 8.37. The molecule has 2 aromatic rings. The van der Waals surface area contributed by atoms with Gasteiger partial charge in [-0.05, 0) is 56.7 Å². The van der Waals surface area contributed by atoms with Crippen LogP contribution in [0.5, 0.6) is 5.75 Å².